The summed E-state index contributed by atoms with van der Waals surface area (Å²) in [5.74, 6) is -0.911. The summed E-state index contributed by atoms with van der Waals surface area (Å²) in [6, 6.07) is 7.18. The fourth-order valence-electron chi connectivity index (χ4n) is 1.73. The van der Waals surface area contributed by atoms with Gasteiger partial charge in [0.1, 0.15) is 0 Å². The Hall–Kier alpha value is -0.870. The molecule has 2 N–H and O–H groups in total. The first-order valence-corrected chi connectivity index (χ1v) is 5.53. The third-order valence-electron chi connectivity index (χ3n) is 2.94. The lowest BCUT2D eigenvalue weighted by Crippen LogP contribution is -2.23. The lowest BCUT2D eigenvalue weighted by Gasteiger charge is -2.19. The normalized spacial score (nSPS) is 19.6. The molecule has 0 saturated heterocycles. The number of aliphatic carboxylic acids is 1. The number of hydrogen-bond acceptors (Lipinski definition) is 2. The maximum absolute atomic E-state index is 11.0. The van der Waals surface area contributed by atoms with Crippen LogP contribution in [0.1, 0.15) is 24.5 Å². The van der Waals surface area contributed by atoms with Crippen LogP contribution in [-0.2, 0) is 4.79 Å². The molecule has 1 aliphatic rings. The van der Waals surface area contributed by atoms with Crippen molar-refractivity contribution in [3.63, 3.8) is 0 Å². The summed E-state index contributed by atoms with van der Waals surface area (Å²) in [6.45, 7) is 0. The molecule has 0 aromatic heterocycles. The van der Waals surface area contributed by atoms with Crippen molar-refractivity contribution >= 4 is 21.9 Å². The Morgan fingerprint density at radius 1 is 1.40 bits per heavy atom. The van der Waals surface area contributed by atoms with Gasteiger partial charge < -0.3 is 10.2 Å². The molecule has 80 valence electrons. The molecular formula is C11H11BrO3. The van der Waals surface area contributed by atoms with E-state index in [2.05, 4.69) is 15.9 Å². The Balaban J connectivity index is 2.33. The van der Waals surface area contributed by atoms with E-state index >= 15 is 0 Å². The lowest BCUT2D eigenvalue weighted by atomic mass is 9.93. The van der Waals surface area contributed by atoms with Crippen molar-refractivity contribution in [1.29, 1.82) is 0 Å². The number of carboxylic acids is 1. The molecule has 15 heavy (non-hydrogen) atoms. The second-order valence-electron chi connectivity index (χ2n) is 3.89. The van der Waals surface area contributed by atoms with Gasteiger partial charge >= 0.3 is 5.97 Å². The van der Waals surface area contributed by atoms with Crippen molar-refractivity contribution in [3.05, 3.63) is 34.3 Å². The molecule has 1 saturated carbocycles. The summed E-state index contributed by atoms with van der Waals surface area (Å²) < 4.78 is 0.755. The largest absolute Gasteiger partial charge is 0.481 e. The van der Waals surface area contributed by atoms with Gasteiger partial charge in [0.05, 0.1) is 11.5 Å². The van der Waals surface area contributed by atoms with Crippen LogP contribution in [0.25, 0.3) is 0 Å². The van der Waals surface area contributed by atoms with E-state index in [9.17, 15) is 9.90 Å². The van der Waals surface area contributed by atoms with Gasteiger partial charge in [0, 0.05) is 4.47 Å². The van der Waals surface area contributed by atoms with Crippen molar-refractivity contribution in [3.8, 4) is 0 Å². The molecule has 1 atom stereocenters. The highest BCUT2D eigenvalue weighted by Gasteiger charge is 2.56. The summed E-state index contributed by atoms with van der Waals surface area (Å²) in [4.78, 5) is 11.0. The van der Waals surface area contributed by atoms with Gasteiger partial charge in [-0.3, -0.25) is 4.79 Å². The maximum atomic E-state index is 11.0. The van der Waals surface area contributed by atoms with Crippen LogP contribution in [0.15, 0.2) is 28.7 Å². The fourth-order valence-corrected chi connectivity index (χ4v) is 2.24. The standard InChI is InChI=1S/C11H11BrO3/c12-8-4-2-1-3-7(8)9(13)11(5-6-11)10(14)15/h1-4,9,13H,5-6H2,(H,14,15). The predicted octanol–water partition coefficient (Wildman–Crippen LogP) is 2.35. The Labute approximate surface area is 95.9 Å². The minimum Gasteiger partial charge on any atom is -0.481 e. The Bertz CT molecular complexity index is 399. The van der Waals surface area contributed by atoms with Crippen molar-refractivity contribution in [1.82, 2.24) is 0 Å². The molecule has 0 radical (unpaired) electrons. The van der Waals surface area contributed by atoms with E-state index in [1.807, 2.05) is 6.07 Å². The third kappa shape index (κ3) is 1.68. The van der Waals surface area contributed by atoms with Crippen molar-refractivity contribution in [2.24, 2.45) is 5.41 Å². The van der Waals surface area contributed by atoms with Gasteiger partial charge in [-0.15, -0.1) is 0 Å². The van der Waals surface area contributed by atoms with Crippen LogP contribution >= 0.6 is 15.9 Å². The Morgan fingerprint density at radius 3 is 2.47 bits per heavy atom. The van der Waals surface area contributed by atoms with E-state index in [-0.39, 0.29) is 0 Å². The van der Waals surface area contributed by atoms with Gasteiger partial charge in [-0.1, -0.05) is 34.1 Å². The summed E-state index contributed by atoms with van der Waals surface area (Å²) >= 11 is 3.31. The molecule has 1 unspecified atom stereocenters. The Morgan fingerprint density at radius 2 is 2.00 bits per heavy atom. The molecule has 1 aromatic rings. The number of halogens is 1. The van der Waals surface area contributed by atoms with Gasteiger partial charge in [-0.25, -0.2) is 0 Å². The highest BCUT2D eigenvalue weighted by atomic mass is 79.9. The zero-order valence-electron chi connectivity index (χ0n) is 7.98. The molecule has 3 nitrogen and oxygen atoms in total. The van der Waals surface area contributed by atoms with Gasteiger partial charge in [0.2, 0.25) is 0 Å². The second-order valence-corrected chi connectivity index (χ2v) is 4.74. The van der Waals surface area contributed by atoms with Crippen molar-refractivity contribution in [2.75, 3.05) is 0 Å². The number of benzene rings is 1. The fraction of sp³-hybridized carbons (Fsp3) is 0.364. The number of carboxylic acid groups (broad SMARTS) is 1. The maximum Gasteiger partial charge on any atom is 0.312 e. The predicted molar refractivity (Wildman–Crippen MR) is 58.4 cm³/mol. The summed E-state index contributed by atoms with van der Waals surface area (Å²) in [7, 11) is 0. The number of carbonyl (C=O) groups is 1. The van der Waals surface area contributed by atoms with E-state index in [0.29, 0.717) is 18.4 Å². The highest BCUT2D eigenvalue weighted by molar-refractivity contribution is 9.10. The van der Waals surface area contributed by atoms with E-state index in [4.69, 9.17) is 5.11 Å². The minimum absolute atomic E-state index is 0.546. The van der Waals surface area contributed by atoms with Gasteiger partial charge in [0.25, 0.3) is 0 Å². The first-order chi connectivity index (χ1) is 7.08. The number of rotatable bonds is 3. The monoisotopic (exact) mass is 270 g/mol. The summed E-state index contributed by atoms with van der Waals surface area (Å²) in [6.07, 6.45) is 0.168. The van der Waals surface area contributed by atoms with E-state index in [1.165, 1.54) is 0 Å². The van der Waals surface area contributed by atoms with Crippen LogP contribution in [0.3, 0.4) is 0 Å². The molecule has 4 heteroatoms. The highest BCUT2D eigenvalue weighted by Crippen LogP contribution is 2.55. The average molecular weight is 271 g/mol. The first-order valence-electron chi connectivity index (χ1n) is 4.74. The van der Waals surface area contributed by atoms with Crippen molar-refractivity contribution < 1.29 is 15.0 Å². The smallest absolute Gasteiger partial charge is 0.312 e. The summed E-state index contributed by atoms with van der Waals surface area (Å²) in [5.41, 5.74) is -0.304. The van der Waals surface area contributed by atoms with Crippen LogP contribution < -0.4 is 0 Å². The second kappa shape index (κ2) is 3.61. The quantitative estimate of drug-likeness (QED) is 0.887. The molecule has 0 heterocycles. The van der Waals surface area contributed by atoms with E-state index in [1.54, 1.807) is 18.2 Å². The van der Waals surface area contributed by atoms with Gasteiger partial charge in [-0.2, -0.15) is 0 Å². The van der Waals surface area contributed by atoms with Crippen LogP contribution in [0.2, 0.25) is 0 Å². The van der Waals surface area contributed by atoms with Gasteiger partial charge in [0.15, 0.2) is 0 Å². The third-order valence-corrected chi connectivity index (χ3v) is 3.66. The molecule has 0 spiro atoms. The first kappa shape index (κ1) is 10.6. The van der Waals surface area contributed by atoms with E-state index in [0.717, 1.165) is 4.47 Å². The Kier molecular flexibility index (Phi) is 2.56. The van der Waals surface area contributed by atoms with Crippen LogP contribution in [0.4, 0.5) is 0 Å². The molecule has 1 fully saturated rings. The molecule has 0 bridgehead atoms. The minimum atomic E-state index is -0.954. The number of aliphatic hydroxyl groups is 1. The van der Waals surface area contributed by atoms with Gasteiger partial charge in [-0.05, 0) is 24.5 Å². The zero-order valence-corrected chi connectivity index (χ0v) is 9.57. The molecular weight excluding hydrogens is 260 g/mol. The SMILES string of the molecule is O=C(O)C1(C(O)c2ccccc2Br)CC1. The number of aliphatic hydroxyl groups excluding tert-OH is 1. The average Bonchev–Trinajstić information content (AvgIpc) is 2.98. The zero-order chi connectivity index (χ0) is 11.1. The molecule has 0 aliphatic heterocycles. The molecule has 1 aromatic carbocycles. The number of hydrogen-bond donors (Lipinski definition) is 2. The lowest BCUT2D eigenvalue weighted by molar-refractivity contribution is -0.148. The molecule has 2 rings (SSSR count). The topological polar surface area (TPSA) is 57.5 Å². The van der Waals surface area contributed by atoms with Crippen LogP contribution in [-0.4, -0.2) is 16.2 Å². The van der Waals surface area contributed by atoms with Crippen molar-refractivity contribution in [2.45, 2.75) is 18.9 Å². The molecule has 0 amide bonds. The van der Waals surface area contributed by atoms with Crippen LogP contribution in [0, 0.1) is 5.41 Å². The summed E-state index contributed by atoms with van der Waals surface area (Å²) in [5, 5.41) is 19.1. The van der Waals surface area contributed by atoms with Crippen LogP contribution in [0.5, 0.6) is 0 Å². The van der Waals surface area contributed by atoms with E-state index < -0.39 is 17.5 Å². The molecule has 1 aliphatic carbocycles.